The third-order valence-corrected chi connectivity index (χ3v) is 13.4. The second-order valence-electron chi connectivity index (χ2n) is 20.9. The van der Waals surface area contributed by atoms with E-state index in [1.165, 1.54) is 96.7 Å². The van der Waals surface area contributed by atoms with Gasteiger partial charge in [-0.2, -0.15) is 0 Å². The highest BCUT2D eigenvalue weighted by molar-refractivity contribution is 6.91. The highest BCUT2D eigenvalue weighted by Gasteiger charge is 2.50. The van der Waals surface area contributed by atoms with Gasteiger partial charge in [0.05, 0.1) is 5.52 Å². The maximum absolute atomic E-state index is 2.71. The lowest BCUT2D eigenvalue weighted by atomic mass is 9.28. The van der Waals surface area contributed by atoms with Crippen LogP contribution in [-0.2, 0) is 34.5 Å². The second kappa shape index (κ2) is 9.93. The normalized spacial score (nSPS) is 17.2. The summed E-state index contributed by atoms with van der Waals surface area (Å²) in [5.74, 6) is 0.282. The molecule has 6 aromatic rings. The van der Waals surface area contributed by atoms with Crippen LogP contribution in [0.2, 0.25) is 0 Å². The molecule has 0 spiro atoms. The Morgan fingerprint density at radius 3 is 1.87 bits per heavy atom. The minimum Gasteiger partial charge on any atom is -0.310 e. The first-order valence-corrected chi connectivity index (χ1v) is 20.0. The fourth-order valence-corrected chi connectivity index (χ4v) is 10.5. The van der Waals surface area contributed by atoms with Gasteiger partial charge in [-0.05, 0) is 149 Å². The van der Waals surface area contributed by atoms with Crippen LogP contribution in [0.4, 0.5) is 0 Å². The summed E-state index contributed by atoms with van der Waals surface area (Å²) >= 11 is 0. The lowest BCUT2D eigenvalue weighted by molar-refractivity contribution is 0.589. The first-order valence-electron chi connectivity index (χ1n) is 20.0. The van der Waals surface area contributed by atoms with Crippen molar-refractivity contribution in [2.75, 3.05) is 0 Å². The van der Waals surface area contributed by atoms with Gasteiger partial charge in [-0.25, -0.2) is 0 Å². The summed E-state index contributed by atoms with van der Waals surface area (Å²) in [6, 6.07) is 28.0. The van der Waals surface area contributed by atoms with E-state index in [-0.39, 0.29) is 34.2 Å². The van der Waals surface area contributed by atoms with Crippen LogP contribution in [0.25, 0.3) is 49.7 Å². The zero-order valence-electron chi connectivity index (χ0n) is 33.6. The zero-order chi connectivity index (χ0) is 36.6. The molecular weight excluding hydrogens is 625 g/mol. The molecule has 5 aromatic carbocycles. The van der Waals surface area contributed by atoms with Crippen molar-refractivity contribution in [2.45, 2.75) is 130 Å². The maximum atomic E-state index is 2.71. The molecule has 4 aliphatic rings. The van der Waals surface area contributed by atoms with E-state index in [0.717, 1.165) is 0 Å². The van der Waals surface area contributed by atoms with Crippen molar-refractivity contribution in [1.29, 1.82) is 0 Å². The van der Waals surface area contributed by atoms with E-state index in [9.17, 15) is 0 Å². The SMILES string of the molecule is CC(C)(C)c1ccc2c(c1)-c1cc(C(C)(C)C)cc3c1C2B1c2c(cc4c(c2-3)CCC4)-n2c3ccc(C(C)(C)C)cc3c3cc(C(C)(C)C)cc1c32. The summed E-state index contributed by atoms with van der Waals surface area (Å²) < 4.78 is 2.71. The molecule has 2 aliphatic carbocycles. The van der Waals surface area contributed by atoms with Crippen molar-refractivity contribution in [3.05, 3.63) is 111 Å². The largest absolute Gasteiger partial charge is 0.310 e. The molecule has 0 N–H and O–H groups in total. The molecule has 52 heavy (non-hydrogen) atoms. The van der Waals surface area contributed by atoms with E-state index >= 15 is 0 Å². The summed E-state index contributed by atoms with van der Waals surface area (Å²) in [6.45, 7) is 28.8. The molecular formula is C50H54BN. The molecule has 0 radical (unpaired) electrons. The van der Waals surface area contributed by atoms with Crippen LogP contribution in [0, 0.1) is 0 Å². The van der Waals surface area contributed by atoms with Crippen molar-refractivity contribution < 1.29 is 0 Å². The molecule has 3 heterocycles. The molecule has 0 saturated carbocycles. The highest BCUT2D eigenvalue weighted by atomic mass is 15.0. The smallest absolute Gasteiger partial charge is 0.227 e. The third kappa shape index (κ3) is 4.24. The lowest BCUT2D eigenvalue weighted by Crippen LogP contribution is -2.55. The first kappa shape index (κ1) is 32.6. The Bertz CT molecular complexity index is 2580. The maximum Gasteiger partial charge on any atom is 0.227 e. The summed E-state index contributed by atoms with van der Waals surface area (Å²) in [6.07, 6.45) is 3.59. The Labute approximate surface area is 311 Å². The van der Waals surface area contributed by atoms with Gasteiger partial charge in [-0.1, -0.05) is 126 Å². The summed E-state index contributed by atoms with van der Waals surface area (Å²) in [5.41, 5.74) is 25.6. The summed E-state index contributed by atoms with van der Waals surface area (Å²) in [7, 11) is 0. The summed E-state index contributed by atoms with van der Waals surface area (Å²) in [5, 5.41) is 2.82. The van der Waals surface area contributed by atoms with Gasteiger partial charge in [0.25, 0.3) is 0 Å². The average molecular weight is 680 g/mol. The molecule has 1 nitrogen and oxygen atoms in total. The van der Waals surface area contributed by atoms with Gasteiger partial charge >= 0.3 is 0 Å². The Morgan fingerprint density at radius 1 is 0.577 bits per heavy atom. The van der Waals surface area contributed by atoms with Gasteiger partial charge in [0.2, 0.25) is 6.71 Å². The van der Waals surface area contributed by atoms with Crippen LogP contribution >= 0.6 is 0 Å². The van der Waals surface area contributed by atoms with Gasteiger partial charge in [0.15, 0.2) is 0 Å². The predicted octanol–water partition coefficient (Wildman–Crippen LogP) is 11.7. The number of hydrogen-bond donors (Lipinski definition) is 0. The standard InChI is InChI=1S/C50H54BN/c1-47(2,3)28-16-18-33-34(21-28)36-23-30(49(7,8)9)25-38-42-32-15-13-14-27(32)20-41-45(42)51(44(33)43(36)38)39-26-31(50(10,11)12)24-37-35-22-29(48(4,5)6)17-19-40(35)52(41)46(37)39/h16-26,44H,13-15H2,1-12H3. The van der Waals surface area contributed by atoms with Gasteiger partial charge in [0, 0.05) is 22.0 Å². The molecule has 0 fully saturated rings. The molecule has 1 aromatic heterocycles. The van der Waals surface area contributed by atoms with Crippen molar-refractivity contribution in [3.63, 3.8) is 0 Å². The van der Waals surface area contributed by atoms with E-state index in [1.54, 1.807) is 27.7 Å². The van der Waals surface area contributed by atoms with Gasteiger partial charge in [-0.3, -0.25) is 0 Å². The molecule has 0 bridgehead atoms. The monoisotopic (exact) mass is 679 g/mol. The number of fused-ring (bicyclic) bond motifs is 12. The molecule has 2 aliphatic heterocycles. The van der Waals surface area contributed by atoms with Crippen molar-refractivity contribution in [2.24, 2.45) is 0 Å². The Balaban J connectivity index is 1.41. The molecule has 1 atom stereocenters. The first-order chi connectivity index (χ1) is 24.3. The summed E-state index contributed by atoms with van der Waals surface area (Å²) in [4.78, 5) is 0. The molecule has 2 heteroatoms. The minimum absolute atomic E-state index is 0.0241. The molecule has 262 valence electrons. The van der Waals surface area contributed by atoms with Crippen molar-refractivity contribution in [3.8, 4) is 27.9 Å². The number of aryl methyl sites for hydroxylation is 1. The number of benzene rings is 5. The Morgan fingerprint density at radius 2 is 1.17 bits per heavy atom. The Kier molecular flexibility index (Phi) is 6.23. The molecule has 0 amide bonds. The molecule has 0 saturated heterocycles. The van der Waals surface area contributed by atoms with Crippen LogP contribution < -0.4 is 10.9 Å². The average Bonchev–Trinajstić information content (AvgIpc) is 3.75. The van der Waals surface area contributed by atoms with E-state index in [4.69, 9.17) is 0 Å². The van der Waals surface area contributed by atoms with Crippen LogP contribution in [0.5, 0.6) is 0 Å². The van der Waals surface area contributed by atoms with E-state index in [2.05, 4.69) is 154 Å². The quantitative estimate of drug-likeness (QED) is 0.141. The van der Waals surface area contributed by atoms with Crippen LogP contribution in [0.1, 0.15) is 140 Å². The van der Waals surface area contributed by atoms with Gasteiger partial charge < -0.3 is 4.57 Å². The fourth-order valence-electron chi connectivity index (χ4n) is 10.5. The van der Waals surface area contributed by atoms with Crippen LogP contribution in [0.15, 0.2) is 66.7 Å². The minimum atomic E-state index is 0.0241. The third-order valence-electron chi connectivity index (χ3n) is 13.4. The number of aromatic nitrogens is 1. The number of rotatable bonds is 0. The fraction of sp³-hybridized carbons (Fsp3) is 0.400. The van der Waals surface area contributed by atoms with Crippen LogP contribution in [-0.4, -0.2) is 11.3 Å². The van der Waals surface area contributed by atoms with Crippen LogP contribution in [0.3, 0.4) is 0 Å². The lowest BCUT2D eigenvalue weighted by Gasteiger charge is -2.40. The predicted molar refractivity (Wildman–Crippen MR) is 225 cm³/mol. The van der Waals surface area contributed by atoms with Crippen molar-refractivity contribution in [1.82, 2.24) is 4.57 Å². The Hall–Kier alpha value is -4.04. The van der Waals surface area contributed by atoms with Gasteiger partial charge in [0.1, 0.15) is 0 Å². The number of nitrogens with zero attached hydrogens (tertiary/aromatic N) is 1. The topological polar surface area (TPSA) is 4.93 Å². The molecule has 1 unspecified atom stereocenters. The van der Waals surface area contributed by atoms with Gasteiger partial charge in [-0.15, -0.1) is 0 Å². The van der Waals surface area contributed by atoms with E-state index < -0.39 is 0 Å². The van der Waals surface area contributed by atoms with E-state index in [0.29, 0.717) is 0 Å². The van der Waals surface area contributed by atoms with Crippen molar-refractivity contribution >= 4 is 39.4 Å². The molecule has 10 rings (SSSR count). The number of hydrogen-bond acceptors (Lipinski definition) is 0. The van der Waals surface area contributed by atoms with E-state index in [1.807, 2.05) is 0 Å². The zero-order valence-corrected chi connectivity index (χ0v) is 33.6. The second-order valence-corrected chi connectivity index (χ2v) is 20.9. The highest BCUT2D eigenvalue weighted by Crippen LogP contribution is 2.57.